The number of rotatable bonds is 6. The zero-order valence-electron chi connectivity index (χ0n) is 7.29. The monoisotopic (exact) mass is 225 g/mol. The van der Waals surface area contributed by atoms with E-state index in [1.807, 2.05) is 0 Å². The maximum absolute atomic E-state index is 10.5. The number of amides is 1. The Hall–Kier alpha value is -0.910. The van der Waals surface area contributed by atoms with Crippen LogP contribution in [0.3, 0.4) is 0 Å². The third-order valence-corrected chi connectivity index (χ3v) is 2.41. The molecule has 1 unspecified atom stereocenters. The molecule has 0 aliphatic heterocycles. The van der Waals surface area contributed by atoms with E-state index in [-0.39, 0.29) is 6.42 Å². The van der Waals surface area contributed by atoms with E-state index in [2.05, 4.69) is 0 Å². The van der Waals surface area contributed by atoms with E-state index in [1.165, 1.54) is 0 Å². The highest BCUT2D eigenvalue weighted by molar-refractivity contribution is 7.51. The lowest BCUT2D eigenvalue weighted by atomic mass is 10.0. The van der Waals surface area contributed by atoms with Crippen molar-refractivity contribution in [2.45, 2.75) is 12.8 Å². The molecular weight excluding hydrogens is 213 g/mol. The normalized spacial score (nSPS) is 13.6. The number of aliphatic carboxylic acids is 1. The van der Waals surface area contributed by atoms with E-state index in [0.29, 0.717) is 0 Å². The van der Waals surface area contributed by atoms with Gasteiger partial charge in [-0.3, -0.25) is 14.2 Å². The van der Waals surface area contributed by atoms with Gasteiger partial charge in [0.2, 0.25) is 5.91 Å². The summed E-state index contributed by atoms with van der Waals surface area (Å²) in [5, 5.41) is 8.56. The summed E-state index contributed by atoms with van der Waals surface area (Å²) in [5.74, 6) is -3.21. The Kier molecular flexibility index (Phi) is 4.76. The number of hydrogen-bond acceptors (Lipinski definition) is 3. The first-order chi connectivity index (χ1) is 6.22. The topological polar surface area (TPSA) is 138 Å². The molecule has 0 aliphatic rings. The Morgan fingerprint density at radius 1 is 1.36 bits per heavy atom. The molecule has 1 amide bonds. The molecule has 0 spiro atoms. The van der Waals surface area contributed by atoms with E-state index in [4.69, 9.17) is 20.6 Å². The fraction of sp³-hybridized carbons (Fsp3) is 0.667. The van der Waals surface area contributed by atoms with Gasteiger partial charge in [0.1, 0.15) is 0 Å². The van der Waals surface area contributed by atoms with E-state index in [1.54, 1.807) is 0 Å². The van der Waals surface area contributed by atoms with Gasteiger partial charge in [0.15, 0.2) is 0 Å². The van der Waals surface area contributed by atoms with Crippen LogP contribution in [0.5, 0.6) is 0 Å². The summed E-state index contributed by atoms with van der Waals surface area (Å²) in [6.45, 7) is 0. The predicted octanol–water partition coefficient (Wildman–Crippen LogP) is -0.870. The molecule has 0 rings (SSSR count). The van der Waals surface area contributed by atoms with Crippen LogP contribution in [-0.4, -0.2) is 32.9 Å². The Morgan fingerprint density at radius 2 is 1.86 bits per heavy atom. The molecular formula is C6H12NO6P. The molecule has 0 saturated heterocycles. The quantitative estimate of drug-likeness (QED) is 0.433. The van der Waals surface area contributed by atoms with Gasteiger partial charge in [-0.05, 0) is 6.42 Å². The number of carbonyl (C=O) groups is 2. The molecule has 0 saturated carbocycles. The van der Waals surface area contributed by atoms with Gasteiger partial charge in [-0.1, -0.05) is 0 Å². The number of nitrogens with two attached hydrogens (primary N) is 1. The molecule has 0 radical (unpaired) electrons. The van der Waals surface area contributed by atoms with Crippen LogP contribution in [0.15, 0.2) is 0 Å². The van der Waals surface area contributed by atoms with Crippen LogP contribution < -0.4 is 5.73 Å². The summed E-state index contributed by atoms with van der Waals surface area (Å²) in [6, 6.07) is 0. The van der Waals surface area contributed by atoms with Gasteiger partial charge in [-0.2, -0.15) is 0 Å². The number of primary amides is 1. The van der Waals surface area contributed by atoms with Gasteiger partial charge < -0.3 is 20.6 Å². The average molecular weight is 225 g/mol. The lowest BCUT2D eigenvalue weighted by Crippen LogP contribution is -2.23. The minimum absolute atomic E-state index is 0.261. The number of hydrogen-bond donors (Lipinski definition) is 4. The van der Waals surface area contributed by atoms with Gasteiger partial charge in [0, 0.05) is 6.42 Å². The summed E-state index contributed by atoms with van der Waals surface area (Å²) in [7, 11) is -4.22. The highest BCUT2D eigenvalue weighted by atomic mass is 31.2. The Bertz CT molecular complexity index is 271. The smallest absolute Gasteiger partial charge is 0.325 e. The highest BCUT2D eigenvalue weighted by Crippen LogP contribution is 2.36. The second-order valence-corrected chi connectivity index (χ2v) is 4.66. The standard InChI is InChI=1S/C6H12NO6P/c7-5(8)3-4(6(9)10)1-2-14(11,12)13/h4H,1-3H2,(H2,7,8)(H,9,10)(H2,11,12,13). The molecule has 82 valence electrons. The molecule has 0 aliphatic carbocycles. The predicted molar refractivity (Wildman–Crippen MR) is 46.5 cm³/mol. The SMILES string of the molecule is NC(=O)CC(CCP(=O)(O)O)C(=O)O. The number of carboxylic acids is 1. The van der Waals surface area contributed by atoms with Crippen molar-refractivity contribution in [2.75, 3.05) is 6.16 Å². The van der Waals surface area contributed by atoms with Crippen LogP contribution in [0.2, 0.25) is 0 Å². The maximum atomic E-state index is 10.5. The van der Waals surface area contributed by atoms with Crippen LogP contribution in [0.25, 0.3) is 0 Å². The van der Waals surface area contributed by atoms with Gasteiger partial charge in [-0.25, -0.2) is 0 Å². The van der Waals surface area contributed by atoms with E-state index in [0.717, 1.165) is 0 Å². The van der Waals surface area contributed by atoms with Gasteiger partial charge in [-0.15, -0.1) is 0 Å². The lowest BCUT2D eigenvalue weighted by Gasteiger charge is -2.10. The Labute approximate surface area is 80.1 Å². The maximum Gasteiger partial charge on any atom is 0.325 e. The minimum atomic E-state index is -4.22. The summed E-state index contributed by atoms with van der Waals surface area (Å²) in [5.41, 5.74) is 4.77. The van der Waals surface area contributed by atoms with Gasteiger partial charge in [0.25, 0.3) is 0 Å². The summed E-state index contributed by atoms with van der Waals surface area (Å²) in [4.78, 5) is 37.9. The van der Waals surface area contributed by atoms with Gasteiger partial charge in [0.05, 0.1) is 12.1 Å². The number of carbonyl (C=O) groups excluding carboxylic acids is 1. The summed E-state index contributed by atoms with van der Waals surface area (Å²) < 4.78 is 10.4. The minimum Gasteiger partial charge on any atom is -0.481 e. The molecule has 5 N–H and O–H groups in total. The van der Waals surface area contributed by atoms with Gasteiger partial charge >= 0.3 is 13.6 Å². The second-order valence-electron chi connectivity index (χ2n) is 2.88. The van der Waals surface area contributed by atoms with Crippen LogP contribution in [0, 0.1) is 5.92 Å². The van der Waals surface area contributed by atoms with Crippen LogP contribution in [0.1, 0.15) is 12.8 Å². The molecule has 0 aromatic heterocycles. The Balaban J connectivity index is 4.18. The molecule has 0 aromatic rings. The van der Waals surface area contributed by atoms with E-state index in [9.17, 15) is 14.2 Å². The molecule has 0 fully saturated rings. The summed E-state index contributed by atoms with van der Waals surface area (Å²) >= 11 is 0. The van der Waals surface area contributed by atoms with Crippen molar-refractivity contribution in [1.29, 1.82) is 0 Å². The molecule has 0 heterocycles. The fourth-order valence-electron chi connectivity index (χ4n) is 0.880. The first-order valence-electron chi connectivity index (χ1n) is 3.78. The van der Waals surface area contributed by atoms with E-state index >= 15 is 0 Å². The molecule has 14 heavy (non-hydrogen) atoms. The van der Waals surface area contributed by atoms with Crippen LogP contribution in [0.4, 0.5) is 0 Å². The zero-order chi connectivity index (χ0) is 11.4. The van der Waals surface area contributed by atoms with Crippen molar-refractivity contribution in [2.24, 2.45) is 11.7 Å². The van der Waals surface area contributed by atoms with Crippen molar-refractivity contribution in [3.8, 4) is 0 Å². The average Bonchev–Trinajstić information content (AvgIpc) is 1.94. The van der Waals surface area contributed by atoms with E-state index < -0.39 is 38.0 Å². The van der Waals surface area contributed by atoms with Crippen molar-refractivity contribution < 1.29 is 29.0 Å². The molecule has 1 atom stereocenters. The molecule has 8 heteroatoms. The third kappa shape index (κ3) is 6.59. The van der Waals surface area contributed by atoms with Crippen molar-refractivity contribution in [1.82, 2.24) is 0 Å². The van der Waals surface area contributed by atoms with Crippen molar-refractivity contribution >= 4 is 19.5 Å². The molecule has 0 aromatic carbocycles. The molecule has 0 bridgehead atoms. The first kappa shape index (κ1) is 13.1. The highest BCUT2D eigenvalue weighted by Gasteiger charge is 2.24. The molecule has 7 nitrogen and oxygen atoms in total. The second kappa shape index (κ2) is 5.09. The Morgan fingerprint density at radius 3 is 2.14 bits per heavy atom. The fourth-order valence-corrected chi connectivity index (χ4v) is 1.53. The number of carboxylic acid groups (broad SMARTS) is 1. The summed E-state index contributed by atoms with van der Waals surface area (Å²) in [6.07, 6.45) is -1.23. The lowest BCUT2D eigenvalue weighted by molar-refractivity contribution is -0.143. The largest absolute Gasteiger partial charge is 0.481 e. The third-order valence-electron chi connectivity index (χ3n) is 1.57. The van der Waals surface area contributed by atoms with Crippen LogP contribution in [-0.2, 0) is 14.2 Å². The zero-order valence-corrected chi connectivity index (χ0v) is 8.18. The van der Waals surface area contributed by atoms with Crippen molar-refractivity contribution in [3.05, 3.63) is 0 Å². The first-order valence-corrected chi connectivity index (χ1v) is 5.58. The van der Waals surface area contributed by atoms with Crippen molar-refractivity contribution in [3.63, 3.8) is 0 Å². The van der Waals surface area contributed by atoms with Crippen LogP contribution >= 0.6 is 7.60 Å².